The van der Waals surface area contributed by atoms with E-state index in [0.29, 0.717) is 6.54 Å². The van der Waals surface area contributed by atoms with E-state index in [9.17, 15) is 4.39 Å². The molecule has 0 bridgehead atoms. The Morgan fingerprint density at radius 2 is 1.95 bits per heavy atom. The van der Waals surface area contributed by atoms with Gasteiger partial charge in [-0.3, -0.25) is 0 Å². The smallest absolute Gasteiger partial charge is 0.203 e. The van der Waals surface area contributed by atoms with Crippen molar-refractivity contribution in [2.75, 3.05) is 5.32 Å². The maximum atomic E-state index is 13.0. The fourth-order valence-electron chi connectivity index (χ4n) is 2.21. The summed E-state index contributed by atoms with van der Waals surface area (Å²) in [6, 6.07) is 10.2. The number of rotatable bonds is 4. The van der Waals surface area contributed by atoms with Gasteiger partial charge in [-0.25, -0.2) is 9.37 Å². The van der Waals surface area contributed by atoms with Gasteiger partial charge in [0, 0.05) is 12.6 Å². The van der Waals surface area contributed by atoms with E-state index in [-0.39, 0.29) is 5.82 Å². The molecule has 0 aliphatic carbocycles. The molecule has 0 spiro atoms. The molecule has 1 N–H and O–H groups in total. The summed E-state index contributed by atoms with van der Waals surface area (Å²) in [5.41, 5.74) is 1.85. The highest BCUT2D eigenvalue weighted by atomic mass is 19.1. The minimum Gasteiger partial charge on any atom is -0.465 e. The van der Waals surface area contributed by atoms with Gasteiger partial charge in [0.1, 0.15) is 17.3 Å². The largest absolute Gasteiger partial charge is 0.465 e. The van der Waals surface area contributed by atoms with Crippen LogP contribution < -0.4 is 5.32 Å². The van der Waals surface area contributed by atoms with Gasteiger partial charge in [-0.2, -0.15) is 0 Å². The van der Waals surface area contributed by atoms with E-state index < -0.39 is 0 Å². The van der Waals surface area contributed by atoms with Crippen LogP contribution in [-0.4, -0.2) is 9.55 Å². The number of halogens is 1. The van der Waals surface area contributed by atoms with Crippen LogP contribution in [0.3, 0.4) is 0 Å². The van der Waals surface area contributed by atoms with Gasteiger partial charge >= 0.3 is 0 Å². The third kappa shape index (κ3) is 2.81. The summed E-state index contributed by atoms with van der Waals surface area (Å²) < 4.78 is 20.4. The number of hydrogen-bond donors (Lipinski definition) is 1. The Kier molecular flexibility index (Phi) is 3.48. The van der Waals surface area contributed by atoms with Crippen LogP contribution in [0.15, 0.2) is 47.0 Å². The van der Waals surface area contributed by atoms with Gasteiger partial charge in [0.25, 0.3) is 0 Å². The van der Waals surface area contributed by atoms with Crippen molar-refractivity contribution >= 4 is 5.95 Å². The van der Waals surface area contributed by atoms with Gasteiger partial charge in [-0.15, -0.1) is 0 Å². The zero-order valence-corrected chi connectivity index (χ0v) is 11.9. The molecular formula is C16H16FN3O. The zero-order valence-electron chi connectivity index (χ0n) is 11.9. The Morgan fingerprint density at radius 3 is 2.62 bits per heavy atom. The lowest BCUT2D eigenvalue weighted by Gasteiger charge is -2.07. The number of nitrogens with zero attached hydrogens (tertiary/aromatic N) is 2. The van der Waals surface area contributed by atoms with Crippen LogP contribution in [0.4, 0.5) is 10.3 Å². The zero-order chi connectivity index (χ0) is 14.8. The predicted molar refractivity (Wildman–Crippen MR) is 79.4 cm³/mol. The number of nitrogens with one attached hydrogen (secondary N) is 1. The third-order valence-electron chi connectivity index (χ3n) is 3.34. The van der Waals surface area contributed by atoms with Crippen LogP contribution in [0.5, 0.6) is 0 Å². The lowest BCUT2D eigenvalue weighted by atomic mass is 10.2. The van der Waals surface area contributed by atoms with E-state index in [1.54, 1.807) is 18.3 Å². The normalized spacial score (nSPS) is 10.8. The molecule has 2 aromatic heterocycles. The molecule has 0 amide bonds. The first kappa shape index (κ1) is 13.4. The second kappa shape index (κ2) is 5.44. The molecule has 3 rings (SSSR count). The monoisotopic (exact) mass is 285 g/mol. The molecule has 3 aromatic rings. The van der Waals surface area contributed by atoms with E-state index >= 15 is 0 Å². The molecule has 0 radical (unpaired) electrons. The molecule has 1 aromatic carbocycles. The molecule has 0 saturated heterocycles. The maximum absolute atomic E-state index is 13.0. The predicted octanol–water partition coefficient (Wildman–Crippen LogP) is 3.74. The Morgan fingerprint density at radius 1 is 1.19 bits per heavy atom. The van der Waals surface area contributed by atoms with Crippen molar-refractivity contribution in [2.45, 2.75) is 13.5 Å². The maximum Gasteiger partial charge on any atom is 0.203 e. The van der Waals surface area contributed by atoms with E-state index in [0.717, 1.165) is 28.7 Å². The molecule has 108 valence electrons. The van der Waals surface area contributed by atoms with Gasteiger partial charge in [-0.05, 0) is 43.3 Å². The summed E-state index contributed by atoms with van der Waals surface area (Å²) in [6.07, 6.45) is 1.77. The number of anilines is 1. The fraction of sp³-hybridized carbons (Fsp3) is 0.188. The number of furan rings is 1. The number of benzene rings is 1. The first-order chi connectivity index (χ1) is 10.1. The van der Waals surface area contributed by atoms with Crippen LogP contribution in [0.1, 0.15) is 11.5 Å². The first-order valence-electron chi connectivity index (χ1n) is 6.70. The molecule has 5 heteroatoms. The second-order valence-corrected chi connectivity index (χ2v) is 4.90. The average Bonchev–Trinajstić information content (AvgIpc) is 3.04. The highest BCUT2D eigenvalue weighted by molar-refractivity contribution is 5.61. The van der Waals surface area contributed by atoms with Crippen molar-refractivity contribution in [3.8, 4) is 11.3 Å². The fourth-order valence-corrected chi connectivity index (χ4v) is 2.21. The average molecular weight is 285 g/mol. The molecular weight excluding hydrogens is 269 g/mol. The highest BCUT2D eigenvalue weighted by Gasteiger charge is 2.09. The lowest BCUT2D eigenvalue weighted by molar-refractivity contribution is 0.490. The topological polar surface area (TPSA) is 43.0 Å². The van der Waals surface area contributed by atoms with Crippen molar-refractivity contribution in [1.29, 1.82) is 0 Å². The molecule has 0 saturated carbocycles. The molecule has 4 nitrogen and oxygen atoms in total. The number of aryl methyl sites for hydroxylation is 1. The molecule has 0 aliphatic heterocycles. The third-order valence-corrected chi connectivity index (χ3v) is 3.34. The summed E-state index contributed by atoms with van der Waals surface area (Å²) >= 11 is 0. The summed E-state index contributed by atoms with van der Waals surface area (Å²) in [4.78, 5) is 4.35. The lowest BCUT2D eigenvalue weighted by Crippen LogP contribution is -2.05. The molecule has 0 aliphatic rings. The molecule has 0 fully saturated rings. The van der Waals surface area contributed by atoms with Crippen molar-refractivity contribution in [2.24, 2.45) is 7.05 Å². The number of imidazole rings is 1. The molecule has 21 heavy (non-hydrogen) atoms. The van der Waals surface area contributed by atoms with Crippen LogP contribution in [0, 0.1) is 12.7 Å². The highest BCUT2D eigenvalue weighted by Crippen LogP contribution is 2.22. The van der Waals surface area contributed by atoms with Crippen molar-refractivity contribution in [3.05, 3.63) is 59.9 Å². The summed E-state index contributed by atoms with van der Waals surface area (Å²) in [7, 11) is 1.92. The minimum absolute atomic E-state index is 0.243. The SMILES string of the molecule is Cc1ccc(CNc2ncc(-c3ccc(F)cc3)n2C)o1. The van der Waals surface area contributed by atoms with Gasteiger partial charge < -0.3 is 14.3 Å². The Hall–Kier alpha value is -2.56. The first-order valence-corrected chi connectivity index (χ1v) is 6.70. The van der Waals surface area contributed by atoms with Crippen molar-refractivity contribution in [1.82, 2.24) is 9.55 Å². The van der Waals surface area contributed by atoms with Crippen LogP contribution in [0.2, 0.25) is 0 Å². The van der Waals surface area contributed by atoms with Gasteiger partial charge in [-0.1, -0.05) is 0 Å². The van der Waals surface area contributed by atoms with Crippen molar-refractivity contribution < 1.29 is 8.81 Å². The Labute approximate surface area is 122 Å². The number of aromatic nitrogens is 2. The van der Waals surface area contributed by atoms with Crippen LogP contribution >= 0.6 is 0 Å². The quantitative estimate of drug-likeness (QED) is 0.794. The standard InChI is InChI=1S/C16H16FN3O/c1-11-3-8-14(21-11)9-18-16-19-10-15(20(16)2)12-4-6-13(17)7-5-12/h3-8,10H,9H2,1-2H3,(H,18,19). The second-order valence-electron chi connectivity index (χ2n) is 4.90. The van der Waals surface area contributed by atoms with Gasteiger partial charge in [0.2, 0.25) is 5.95 Å². The summed E-state index contributed by atoms with van der Waals surface area (Å²) in [5, 5.41) is 3.23. The molecule has 0 atom stereocenters. The number of hydrogen-bond acceptors (Lipinski definition) is 3. The molecule has 2 heterocycles. The van der Waals surface area contributed by atoms with E-state index in [4.69, 9.17) is 4.42 Å². The van der Waals surface area contributed by atoms with Crippen LogP contribution in [-0.2, 0) is 13.6 Å². The van der Waals surface area contributed by atoms with Gasteiger partial charge in [0.15, 0.2) is 0 Å². The Bertz CT molecular complexity index is 743. The molecule has 0 unspecified atom stereocenters. The van der Waals surface area contributed by atoms with Crippen LogP contribution in [0.25, 0.3) is 11.3 Å². The van der Waals surface area contributed by atoms with Gasteiger partial charge in [0.05, 0.1) is 18.4 Å². The van der Waals surface area contributed by atoms with E-state index in [1.807, 2.05) is 30.7 Å². The van der Waals surface area contributed by atoms with E-state index in [2.05, 4.69) is 10.3 Å². The summed E-state index contributed by atoms with van der Waals surface area (Å²) in [6.45, 7) is 2.48. The van der Waals surface area contributed by atoms with E-state index in [1.165, 1.54) is 12.1 Å². The summed E-state index contributed by atoms with van der Waals surface area (Å²) in [5.74, 6) is 2.24. The minimum atomic E-state index is -0.243. The Balaban J connectivity index is 1.77. The van der Waals surface area contributed by atoms with Crippen molar-refractivity contribution in [3.63, 3.8) is 0 Å².